The molecule has 0 aliphatic carbocycles. The van der Waals surface area contributed by atoms with Crippen LogP contribution in [0.1, 0.15) is 23.0 Å². The van der Waals surface area contributed by atoms with Crippen LogP contribution in [0.3, 0.4) is 0 Å². The number of phenols is 1. The number of phenolic OH excluding ortho intramolecular Hbond substituents is 1. The molecular formula is C18H14ClNO4. The predicted octanol–water partition coefficient (Wildman–Crippen LogP) is 3.92. The van der Waals surface area contributed by atoms with E-state index in [0.717, 1.165) is 0 Å². The van der Waals surface area contributed by atoms with Gasteiger partial charge in [-0.3, -0.25) is 14.2 Å². The minimum absolute atomic E-state index is 0.0169. The quantitative estimate of drug-likeness (QED) is 0.716. The molecule has 0 amide bonds. The SMILES string of the molecule is CC(=O)Oc1c(C)n(C(=O)c2cccc(Cl)c2)c2ccc(O)cc12. The molecule has 0 saturated heterocycles. The first kappa shape index (κ1) is 16.1. The fourth-order valence-electron chi connectivity index (χ4n) is 2.66. The van der Waals surface area contributed by atoms with E-state index in [4.69, 9.17) is 16.3 Å². The monoisotopic (exact) mass is 343 g/mol. The predicted molar refractivity (Wildman–Crippen MR) is 90.8 cm³/mol. The Bertz CT molecular complexity index is 975. The number of rotatable bonds is 2. The molecule has 0 aliphatic rings. The summed E-state index contributed by atoms with van der Waals surface area (Å²) in [4.78, 5) is 24.3. The average Bonchev–Trinajstić information content (AvgIpc) is 2.78. The molecule has 0 spiro atoms. The Morgan fingerprint density at radius 1 is 1.17 bits per heavy atom. The largest absolute Gasteiger partial charge is 0.508 e. The van der Waals surface area contributed by atoms with Crippen molar-refractivity contribution in [1.29, 1.82) is 0 Å². The van der Waals surface area contributed by atoms with Gasteiger partial charge >= 0.3 is 5.97 Å². The summed E-state index contributed by atoms with van der Waals surface area (Å²) in [5, 5.41) is 10.7. The van der Waals surface area contributed by atoms with Crippen molar-refractivity contribution in [3.05, 3.63) is 58.7 Å². The van der Waals surface area contributed by atoms with Crippen LogP contribution in [0.15, 0.2) is 42.5 Å². The summed E-state index contributed by atoms with van der Waals surface area (Å²) in [5.41, 5.74) is 1.41. The number of ether oxygens (including phenoxy) is 1. The zero-order valence-electron chi connectivity index (χ0n) is 13.0. The molecule has 0 atom stereocenters. The lowest BCUT2D eigenvalue weighted by Crippen LogP contribution is -2.13. The van der Waals surface area contributed by atoms with E-state index in [0.29, 0.717) is 27.2 Å². The van der Waals surface area contributed by atoms with Gasteiger partial charge in [-0.05, 0) is 43.3 Å². The number of aromatic hydroxyl groups is 1. The van der Waals surface area contributed by atoms with Crippen molar-refractivity contribution in [3.8, 4) is 11.5 Å². The summed E-state index contributed by atoms with van der Waals surface area (Å²) >= 11 is 5.97. The third kappa shape index (κ3) is 2.74. The van der Waals surface area contributed by atoms with E-state index in [1.54, 1.807) is 37.3 Å². The molecule has 0 radical (unpaired) electrons. The van der Waals surface area contributed by atoms with Gasteiger partial charge in [-0.15, -0.1) is 0 Å². The number of carbonyl (C=O) groups is 2. The first-order valence-electron chi connectivity index (χ1n) is 7.21. The van der Waals surface area contributed by atoms with Crippen LogP contribution in [0.2, 0.25) is 5.02 Å². The third-order valence-electron chi connectivity index (χ3n) is 3.65. The molecule has 0 aliphatic heterocycles. The highest BCUT2D eigenvalue weighted by molar-refractivity contribution is 6.31. The Morgan fingerprint density at radius 2 is 1.92 bits per heavy atom. The standard InChI is InChI=1S/C18H14ClNO4/c1-10-17(24-11(2)21)15-9-14(22)6-7-16(15)20(10)18(23)12-4-3-5-13(19)8-12/h3-9,22H,1-2H3. The molecule has 3 aromatic rings. The van der Waals surface area contributed by atoms with Gasteiger partial charge in [-0.1, -0.05) is 17.7 Å². The normalized spacial score (nSPS) is 10.8. The van der Waals surface area contributed by atoms with E-state index in [9.17, 15) is 14.7 Å². The lowest BCUT2D eigenvalue weighted by atomic mass is 10.2. The number of carbonyl (C=O) groups excluding carboxylic acids is 2. The first-order valence-corrected chi connectivity index (χ1v) is 7.59. The fraction of sp³-hybridized carbons (Fsp3) is 0.111. The number of hydrogen-bond donors (Lipinski definition) is 1. The number of hydrogen-bond acceptors (Lipinski definition) is 4. The lowest BCUT2D eigenvalue weighted by molar-refractivity contribution is -0.131. The zero-order valence-corrected chi connectivity index (χ0v) is 13.8. The molecule has 6 heteroatoms. The molecule has 122 valence electrons. The first-order chi connectivity index (χ1) is 11.4. The maximum absolute atomic E-state index is 12.9. The Morgan fingerprint density at radius 3 is 2.58 bits per heavy atom. The summed E-state index contributed by atoms with van der Waals surface area (Å²) < 4.78 is 6.70. The van der Waals surface area contributed by atoms with Crippen LogP contribution in [0.25, 0.3) is 10.9 Å². The van der Waals surface area contributed by atoms with Gasteiger partial charge in [0.05, 0.1) is 11.2 Å². The molecule has 1 aromatic heterocycles. The average molecular weight is 344 g/mol. The number of aromatic nitrogens is 1. The Labute approximate surface area is 143 Å². The van der Waals surface area contributed by atoms with Gasteiger partial charge in [0.1, 0.15) is 5.75 Å². The molecule has 24 heavy (non-hydrogen) atoms. The molecule has 5 nitrogen and oxygen atoms in total. The van der Waals surface area contributed by atoms with Crippen molar-refractivity contribution in [2.24, 2.45) is 0 Å². The number of halogens is 1. The number of benzene rings is 2. The van der Waals surface area contributed by atoms with Crippen molar-refractivity contribution in [1.82, 2.24) is 4.57 Å². The molecular weight excluding hydrogens is 330 g/mol. The summed E-state index contributed by atoms with van der Waals surface area (Å²) in [6, 6.07) is 11.1. The van der Waals surface area contributed by atoms with Crippen LogP contribution in [-0.2, 0) is 4.79 Å². The van der Waals surface area contributed by atoms with E-state index in [1.807, 2.05) is 0 Å². The van der Waals surface area contributed by atoms with E-state index < -0.39 is 5.97 Å². The molecule has 2 aromatic carbocycles. The van der Waals surface area contributed by atoms with Gasteiger partial charge in [0.2, 0.25) is 0 Å². The minimum atomic E-state index is -0.504. The summed E-state index contributed by atoms with van der Waals surface area (Å²) in [5.74, 6) is -0.535. The number of esters is 1. The molecule has 0 saturated carbocycles. The second-order valence-electron chi connectivity index (χ2n) is 5.36. The summed E-state index contributed by atoms with van der Waals surface area (Å²) in [6.07, 6.45) is 0. The van der Waals surface area contributed by atoms with Crippen LogP contribution >= 0.6 is 11.6 Å². The van der Waals surface area contributed by atoms with Gasteiger partial charge in [-0.25, -0.2) is 0 Å². The summed E-state index contributed by atoms with van der Waals surface area (Å²) in [7, 11) is 0. The van der Waals surface area contributed by atoms with Crippen molar-refractivity contribution in [2.45, 2.75) is 13.8 Å². The fourth-order valence-corrected chi connectivity index (χ4v) is 2.85. The molecule has 1 heterocycles. The molecule has 3 rings (SSSR count). The molecule has 1 N–H and O–H groups in total. The van der Waals surface area contributed by atoms with Crippen molar-refractivity contribution in [2.75, 3.05) is 0 Å². The lowest BCUT2D eigenvalue weighted by Gasteiger charge is -2.07. The number of nitrogens with zero attached hydrogens (tertiary/aromatic N) is 1. The zero-order chi connectivity index (χ0) is 17.4. The number of fused-ring (bicyclic) bond motifs is 1. The van der Waals surface area contributed by atoms with Crippen molar-refractivity contribution >= 4 is 34.4 Å². The maximum atomic E-state index is 12.9. The van der Waals surface area contributed by atoms with Crippen LogP contribution in [0.4, 0.5) is 0 Å². The second-order valence-corrected chi connectivity index (χ2v) is 5.80. The van der Waals surface area contributed by atoms with Crippen LogP contribution in [0.5, 0.6) is 11.5 Å². The van der Waals surface area contributed by atoms with E-state index in [1.165, 1.54) is 23.6 Å². The molecule has 0 unspecified atom stereocenters. The topological polar surface area (TPSA) is 68.5 Å². The van der Waals surface area contributed by atoms with Crippen LogP contribution in [-0.4, -0.2) is 21.6 Å². The van der Waals surface area contributed by atoms with Crippen molar-refractivity contribution < 1.29 is 19.4 Å². The Hall–Kier alpha value is -2.79. The minimum Gasteiger partial charge on any atom is -0.508 e. The van der Waals surface area contributed by atoms with Gasteiger partial charge in [-0.2, -0.15) is 0 Å². The molecule has 0 fully saturated rings. The van der Waals surface area contributed by atoms with Gasteiger partial charge < -0.3 is 9.84 Å². The highest BCUT2D eigenvalue weighted by Crippen LogP contribution is 2.35. The van der Waals surface area contributed by atoms with E-state index in [2.05, 4.69) is 0 Å². The van der Waals surface area contributed by atoms with E-state index >= 15 is 0 Å². The second kappa shape index (κ2) is 6.02. The van der Waals surface area contributed by atoms with Crippen LogP contribution < -0.4 is 4.74 Å². The van der Waals surface area contributed by atoms with Gasteiger partial charge in [0, 0.05) is 22.9 Å². The van der Waals surface area contributed by atoms with Crippen molar-refractivity contribution in [3.63, 3.8) is 0 Å². The maximum Gasteiger partial charge on any atom is 0.308 e. The third-order valence-corrected chi connectivity index (χ3v) is 3.89. The highest BCUT2D eigenvalue weighted by Gasteiger charge is 2.22. The Kier molecular flexibility index (Phi) is 4.03. The van der Waals surface area contributed by atoms with Gasteiger partial charge in [0.15, 0.2) is 5.75 Å². The smallest absolute Gasteiger partial charge is 0.308 e. The van der Waals surface area contributed by atoms with Crippen LogP contribution in [0, 0.1) is 6.92 Å². The molecule has 0 bridgehead atoms. The highest BCUT2D eigenvalue weighted by atomic mass is 35.5. The Balaban J connectivity index is 2.26. The van der Waals surface area contributed by atoms with E-state index in [-0.39, 0.29) is 17.4 Å². The van der Waals surface area contributed by atoms with Gasteiger partial charge in [0.25, 0.3) is 5.91 Å². The summed E-state index contributed by atoms with van der Waals surface area (Å²) in [6.45, 7) is 2.96.